The number of nitrogens with one attached hydrogen (secondary N) is 3. The van der Waals surface area contributed by atoms with Crippen molar-refractivity contribution in [2.75, 3.05) is 60.1 Å². The van der Waals surface area contributed by atoms with Crippen molar-refractivity contribution in [3.63, 3.8) is 0 Å². The number of benzene rings is 3. The van der Waals surface area contributed by atoms with Crippen LogP contribution in [0.4, 0.5) is 34.9 Å². The number of halogens is 1. The largest absolute Gasteiger partial charge is 0.383 e. The van der Waals surface area contributed by atoms with Crippen molar-refractivity contribution in [1.29, 1.82) is 0 Å². The maximum atomic E-state index is 6.14. The maximum absolute atomic E-state index is 6.14. The number of pyridine rings is 1. The molecule has 1 saturated heterocycles. The van der Waals surface area contributed by atoms with Gasteiger partial charge in [-0.2, -0.15) is 15.0 Å². The Morgan fingerprint density at radius 2 is 1.36 bits per heavy atom. The average Bonchev–Trinajstić information content (AvgIpc) is 3.00. The first kappa shape index (κ1) is 27.7. The molecule has 5 aromatic rings. The molecule has 42 heavy (non-hydrogen) atoms. The molecular formula is C32H34ClN9. The first-order valence-electron chi connectivity index (χ1n) is 14.2. The van der Waals surface area contributed by atoms with Crippen molar-refractivity contribution in [2.45, 2.75) is 13.8 Å². The van der Waals surface area contributed by atoms with Crippen molar-refractivity contribution < 1.29 is 0 Å². The third-order valence-electron chi connectivity index (χ3n) is 7.34. The molecular weight excluding hydrogens is 546 g/mol. The minimum absolute atomic E-state index is 0.510. The smallest absolute Gasteiger partial charge is 0.233 e. The van der Waals surface area contributed by atoms with Crippen LogP contribution in [0.5, 0.6) is 0 Å². The number of hydrogen-bond donors (Lipinski definition) is 3. The van der Waals surface area contributed by atoms with E-state index in [1.54, 1.807) is 0 Å². The Balaban J connectivity index is 1.11. The lowest BCUT2D eigenvalue weighted by Crippen LogP contribution is -2.48. The lowest BCUT2D eigenvalue weighted by Gasteiger charge is -2.34. The predicted octanol–water partition coefficient (Wildman–Crippen LogP) is 6.41. The highest BCUT2D eigenvalue weighted by Crippen LogP contribution is 2.25. The van der Waals surface area contributed by atoms with E-state index in [9.17, 15) is 0 Å². The number of piperazine rings is 1. The van der Waals surface area contributed by atoms with Crippen LogP contribution in [0.2, 0.25) is 5.02 Å². The quantitative estimate of drug-likeness (QED) is 0.183. The van der Waals surface area contributed by atoms with E-state index in [4.69, 9.17) is 21.6 Å². The monoisotopic (exact) mass is 579 g/mol. The lowest BCUT2D eigenvalue weighted by atomic mass is 10.2. The van der Waals surface area contributed by atoms with Gasteiger partial charge in [-0.05, 0) is 62.4 Å². The van der Waals surface area contributed by atoms with E-state index in [2.05, 4.69) is 73.8 Å². The van der Waals surface area contributed by atoms with E-state index in [-0.39, 0.29) is 0 Å². The molecule has 0 spiro atoms. The second-order valence-electron chi connectivity index (χ2n) is 10.5. The van der Waals surface area contributed by atoms with Gasteiger partial charge in [0.2, 0.25) is 17.8 Å². The fourth-order valence-electron chi connectivity index (χ4n) is 4.95. The summed E-state index contributed by atoms with van der Waals surface area (Å²) >= 11 is 6.14. The first-order valence-corrected chi connectivity index (χ1v) is 14.6. The second-order valence-corrected chi connectivity index (χ2v) is 11.0. The standard InChI is InChI=1S/C32H34ClN9/c1-22-3-8-25(9-4-22)36-30-38-31(37-26-10-5-23(2)6-11-26)40-32(39-30)42-19-17-41(18-20-42)16-15-35-28-13-14-34-29-21-24(33)7-12-27(28)29/h3-14,21H,15-20H2,1-2H3,(H,34,35)(H2,36,37,38,39,40). The van der Waals surface area contributed by atoms with E-state index in [1.807, 2.05) is 54.7 Å². The van der Waals surface area contributed by atoms with Gasteiger partial charge in [-0.25, -0.2) is 0 Å². The topological polar surface area (TPSA) is 94.1 Å². The van der Waals surface area contributed by atoms with Crippen molar-refractivity contribution in [3.05, 3.63) is 95.1 Å². The van der Waals surface area contributed by atoms with E-state index in [0.717, 1.165) is 67.2 Å². The van der Waals surface area contributed by atoms with Crippen LogP contribution in [-0.4, -0.2) is 64.1 Å². The molecule has 0 saturated carbocycles. The predicted molar refractivity (Wildman–Crippen MR) is 173 cm³/mol. The van der Waals surface area contributed by atoms with Gasteiger partial charge in [-0.15, -0.1) is 0 Å². The van der Waals surface area contributed by atoms with Crippen LogP contribution in [0.15, 0.2) is 79.0 Å². The fourth-order valence-corrected chi connectivity index (χ4v) is 5.11. The Kier molecular flexibility index (Phi) is 8.30. The van der Waals surface area contributed by atoms with Gasteiger partial charge >= 0.3 is 0 Å². The molecule has 3 N–H and O–H groups in total. The minimum atomic E-state index is 0.510. The molecule has 1 fully saturated rings. The maximum Gasteiger partial charge on any atom is 0.233 e. The highest BCUT2D eigenvalue weighted by molar-refractivity contribution is 6.31. The number of aromatic nitrogens is 4. The van der Waals surface area contributed by atoms with Crippen molar-refractivity contribution in [2.24, 2.45) is 0 Å². The van der Waals surface area contributed by atoms with Gasteiger partial charge < -0.3 is 20.9 Å². The van der Waals surface area contributed by atoms with Crippen LogP contribution in [-0.2, 0) is 0 Å². The summed E-state index contributed by atoms with van der Waals surface area (Å²) in [6.07, 6.45) is 1.82. The van der Waals surface area contributed by atoms with Crippen molar-refractivity contribution >= 4 is 57.4 Å². The second kappa shape index (κ2) is 12.6. The molecule has 9 nitrogen and oxygen atoms in total. The highest BCUT2D eigenvalue weighted by Gasteiger charge is 2.21. The van der Waals surface area contributed by atoms with Gasteiger partial charge in [-0.1, -0.05) is 47.0 Å². The van der Waals surface area contributed by atoms with Gasteiger partial charge in [-0.3, -0.25) is 9.88 Å². The summed E-state index contributed by atoms with van der Waals surface area (Å²) in [4.78, 5) is 23.4. The molecule has 0 radical (unpaired) electrons. The van der Waals surface area contributed by atoms with Crippen LogP contribution in [0.25, 0.3) is 10.9 Å². The number of hydrogen-bond acceptors (Lipinski definition) is 9. The zero-order chi connectivity index (χ0) is 28.9. The molecule has 214 valence electrons. The summed E-state index contributed by atoms with van der Waals surface area (Å²) in [5.74, 6) is 1.68. The molecule has 2 aromatic heterocycles. The fraction of sp³-hybridized carbons (Fsp3) is 0.250. The Hall–Kier alpha value is -4.47. The summed E-state index contributed by atoms with van der Waals surface area (Å²) in [6, 6.07) is 24.2. The normalized spacial score (nSPS) is 13.7. The lowest BCUT2D eigenvalue weighted by molar-refractivity contribution is 0.266. The number of aryl methyl sites for hydroxylation is 2. The van der Waals surface area contributed by atoms with Crippen molar-refractivity contribution in [3.8, 4) is 0 Å². The third kappa shape index (κ3) is 6.87. The summed E-state index contributed by atoms with van der Waals surface area (Å²) in [6.45, 7) is 9.40. The SMILES string of the molecule is Cc1ccc(Nc2nc(Nc3ccc(C)cc3)nc(N3CCN(CCNc4ccnc5cc(Cl)ccc45)CC3)n2)cc1. The van der Waals surface area contributed by atoms with Crippen LogP contribution >= 0.6 is 11.6 Å². The van der Waals surface area contributed by atoms with Gasteiger partial charge in [0.05, 0.1) is 5.52 Å². The molecule has 0 atom stereocenters. The Morgan fingerprint density at radius 3 is 1.98 bits per heavy atom. The molecule has 0 unspecified atom stereocenters. The number of anilines is 6. The van der Waals surface area contributed by atoms with Crippen LogP contribution in [0, 0.1) is 13.8 Å². The molecule has 0 aliphatic carbocycles. The molecule has 0 amide bonds. The van der Waals surface area contributed by atoms with Gasteiger partial charge in [0.15, 0.2) is 0 Å². The Morgan fingerprint density at radius 1 is 0.738 bits per heavy atom. The minimum Gasteiger partial charge on any atom is -0.383 e. The zero-order valence-corrected chi connectivity index (χ0v) is 24.6. The summed E-state index contributed by atoms with van der Waals surface area (Å²) in [5, 5.41) is 12.1. The van der Waals surface area contributed by atoms with E-state index in [0.29, 0.717) is 22.9 Å². The third-order valence-corrected chi connectivity index (χ3v) is 7.58. The van der Waals surface area contributed by atoms with Crippen LogP contribution in [0.1, 0.15) is 11.1 Å². The van der Waals surface area contributed by atoms with Gasteiger partial charge in [0.25, 0.3) is 0 Å². The van der Waals surface area contributed by atoms with E-state index >= 15 is 0 Å². The number of fused-ring (bicyclic) bond motifs is 1. The number of rotatable bonds is 9. The Bertz CT molecular complexity index is 1580. The highest BCUT2D eigenvalue weighted by atomic mass is 35.5. The van der Waals surface area contributed by atoms with Crippen LogP contribution in [0.3, 0.4) is 0 Å². The van der Waals surface area contributed by atoms with Gasteiger partial charge in [0.1, 0.15) is 0 Å². The molecule has 0 bridgehead atoms. The van der Waals surface area contributed by atoms with Gasteiger partial charge in [0, 0.05) is 72.9 Å². The summed E-state index contributed by atoms with van der Waals surface area (Å²) in [5.41, 5.74) is 6.23. The average molecular weight is 580 g/mol. The van der Waals surface area contributed by atoms with Crippen LogP contribution < -0.4 is 20.9 Å². The molecule has 1 aliphatic rings. The molecule has 3 aromatic carbocycles. The van der Waals surface area contributed by atoms with E-state index in [1.165, 1.54) is 11.1 Å². The molecule has 3 heterocycles. The Labute approximate surface area is 251 Å². The number of nitrogens with zero attached hydrogens (tertiary/aromatic N) is 6. The molecule has 1 aliphatic heterocycles. The zero-order valence-electron chi connectivity index (χ0n) is 23.8. The molecule has 10 heteroatoms. The summed E-state index contributed by atoms with van der Waals surface area (Å²) in [7, 11) is 0. The molecule has 6 rings (SSSR count). The van der Waals surface area contributed by atoms with Crippen molar-refractivity contribution in [1.82, 2.24) is 24.8 Å². The summed E-state index contributed by atoms with van der Waals surface area (Å²) < 4.78 is 0. The first-order chi connectivity index (χ1) is 20.5. The van der Waals surface area contributed by atoms with E-state index < -0.39 is 0 Å².